The molecule has 1 saturated heterocycles. The molecule has 6 heteroatoms. The summed E-state index contributed by atoms with van der Waals surface area (Å²) in [5.74, 6) is 0.554. The quantitative estimate of drug-likeness (QED) is 0.544. The second-order valence-corrected chi connectivity index (χ2v) is 8.80. The number of methoxy groups -OCH3 is 1. The minimum atomic E-state index is -0.637. The Labute approximate surface area is 189 Å². The van der Waals surface area contributed by atoms with E-state index in [9.17, 15) is 9.59 Å². The van der Waals surface area contributed by atoms with E-state index >= 15 is 0 Å². The number of anilines is 1. The number of nitrogens with zero attached hydrogens (tertiary/aromatic N) is 1. The lowest BCUT2D eigenvalue weighted by atomic mass is 9.81. The molecule has 0 spiro atoms. The van der Waals surface area contributed by atoms with Crippen LogP contribution in [0.3, 0.4) is 0 Å². The summed E-state index contributed by atoms with van der Waals surface area (Å²) in [5.41, 5.74) is 1.11. The molecule has 170 valence electrons. The fourth-order valence-corrected chi connectivity index (χ4v) is 3.71. The van der Waals surface area contributed by atoms with Crippen molar-refractivity contribution in [3.8, 4) is 5.75 Å². The van der Waals surface area contributed by atoms with E-state index in [-0.39, 0.29) is 17.8 Å². The summed E-state index contributed by atoms with van der Waals surface area (Å²) < 4.78 is 16.0. The number of benzene rings is 2. The van der Waals surface area contributed by atoms with Crippen LogP contribution in [-0.2, 0) is 14.3 Å². The highest BCUT2D eigenvalue weighted by molar-refractivity contribution is 5.90. The maximum atomic E-state index is 13.0. The first-order valence-corrected chi connectivity index (χ1v) is 10.8. The summed E-state index contributed by atoms with van der Waals surface area (Å²) >= 11 is 0. The van der Waals surface area contributed by atoms with Crippen LogP contribution in [0, 0.1) is 5.92 Å². The molecule has 2 aromatic rings. The Hall–Kier alpha value is -3.28. The summed E-state index contributed by atoms with van der Waals surface area (Å²) in [6.07, 6.45) is 4.36. The fraction of sp³-hybridized carbons (Fsp3) is 0.385. The molecule has 3 rings (SSSR count). The van der Waals surface area contributed by atoms with Crippen LogP contribution >= 0.6 is 0 Å². The normalized spacial score (nSPS) is 17.5. The number of carbonyl (C=O) groups is 2. The summed E-state index contributed by atoms with van der Waals surface area (Å²) in [5, 5.41) is 0. The molecule has 2 atom stereocenters. The molecule has 6 nitrogen and oxygen atoms in total. The Balaban J connectivity index is 1.95. The Morgan fingerprint density at radius 1 is 1.12 bits per heavy atom. The molecule has 1 aliphatic heterocycles. The van der Waals surface area contributed by atoms with Gasteiger partial charge in [-0.3, -0.25) is 9.69 Å². The first-order valence-electron chi connectivity index (χ1n) is 10.8. The highest BCUT2D eigenvalue weighted by Crippen LogP contribution is 2.34. The number of esters is 1. The van der Waals surface area contributed by atoms with Crippen molar-refractivity contribution in [2.45, 2.75) is 45.1 Å². The second-order valence-electron chi connectivity index (χ2n) is 8.80. The number of carbonyl (C=O) groups excluding carboxylic acids is 2. The third-order valence-corrected chi connectivity index (χ3v) is 5.26. The number of ether oxygens (including phenoxy) is 3. The topological polar surface area (TPSA) is 65.1 Å². The van der Waals surface area contributed by atoms with Gasteiger partial charge in [0.25, 0.3) is 0 Å². The number of hydrogen-bond acceptors (Lipinski definition) is 5. The van der Waals surface area contributed by atoms with Gasteiger partial charge in [0, 0.05) is 18.5 Å². The zero-order valence-corrected chi connectivity index (χ0v) is 19.1. The van der Waals surface area contributed by atoms with E-state index in [1.807, 2.05) is 69.3 Å². The molecule has 1 aliphatic rings. The number of allylic oxidation sites excluding steroid dienone is 1. The average Bonchev–Trinajstić information content (AvgIpc) is 2.76. The molecule has 32 heavy (non-hydrogen) atoms. The highest BCUT2D eigenvalue weighted by atomic mass is 16.6. The molecule has 0 aliphatic carbocycles. The summed E-state index contributed by atoms with van der Waals surface area (Å²) in [4.78, 5) is 26.5. The van der Waals surface area contributed by atoms with Crippen LogP contribution in [0.5, 0.6) is 5.75 Å². The average molecular weight is 438 g/mol. The van der Waals surface area contributed by atoms with Gasteiger partial charge in [0.05, 0.1) is 19.4 Å². The lowest BCUT2D eigenvalue weighted by Gasteiger charge is -2.29. The molecular weight excluding hydrogens is 406 g/mol. The summed E-state index contributed by atoms with van der Waals surface area (Å²) in [7, 11) is 1.60. The fourth-order valence-electron chi connectivity index (χ4n) is 3.71. The van der Waals surface area contributed by atoms with Gasteiger partial charge in [0.2, 0.25) is 0 Å². The van der Waals surface area contributed by atoms with Crippen LogP contribution in [0.1, 0.15) is 45.1 Å². The zero-order chi connectivity index (χ0) is 23.1. The van der Waals surface area contributed by atoms with Crippen molar-refractivity contribution in [1.29, 1.82) is 0 Å². The van der Waals surface area contributed by atoms with Crippen LogP contribution in [0.15, 0.2) is 66.9 Å². The zero-order valence-electron chi connectivity index (χ0n) is 19.1. The van der Waals surface area contributed by atoms with Gasteiger partial charge in [-0.25, -0.2) is 4.79 Å². The van der Waals surface area contributed by atoms with Gasteiger partial charge in [-0.2, -0.15) is 0 Å². The second kappa shape index (κ2) is 10.4. The van der Waals surface area contributed by atoms with Gasteiger partial charge in [0.1, 0.15) is 11.4 Å². The third-order valence-electron chi connectivity index (χ3n) is 5.26. The number of amides is 1. The van der Waals surface area contributed by atoms with Gasteiger partial charge >= 0.3 is 12.1 Å². The van der Waals surface area contributed by atoms with Crippen molar-refractivity contribution >= 4 is 17.7 Å². The first-order chi connectivity index (χ1) is 15.3. The van der Waals surface area contributed by atoms with Gasteiger partial charge < -0.3 is 14.2 Å². The van der Waals surface area contributed by atoms with Gasteiger partial charge in [0.15, 0.2) is 0 Å². The van der Waals surface area contributed by atoms with E-state index in [0.717, 1.165) is 12.0 Å². The molecule has 0 aromatic heterocycles. The Bertz CT molecular complexity index is 931. The standard InChI is InChI=1S/C26H31NO5/c1-26(2,3)32-25(29)27(21-10-12-22(30-4)13-11-21)16-14-23(19-8-6-5-7-9-19)20-15-17-31-24(28)18-20/h5-14,16,20,23H,15,17-18H2,1-4H3/b16-14+/t20-,23+/m0/s1. The summed E-state index contributed by atoms with van der Waals surface area (Å²) in [6, 6.07) is 17.2. The lowest BCUT2D eigenvalue weighted by molar-refractivity contribution is -0.149. The molecule has 0 unspecified atom stereocenters. The number of cyclic esters (lactones) is 1. The van der Waals surface area contributed by atoms with Gasteiger partial charge in [-0.1, -0.05) is 36.4 Å². The predicted molar refractivity (Wildman–Crippen MR) is 124 cm³/mol. The van der Waals surface area contributed by atoms with Crippen LogP contribution < -0.4 is 9.64 Å². The first kappa shape index (κ1) is 23.4. The van der Waals surface area contributed by atoms with E-state index in [2.05, 4.69) is 0 Å². The molecule has 0 N–H and O–H groups in total. The minimum absolute atomic E-state index is 0.0489. The predicted octanol–water partition coefficient (Wildman–Crippen LogP) is 5.69. The molecular formula is C26H31NO5. The monoisotopic (exact) mass is 437 g/mol. The van der Waals surface area contributed by atoms with Crippen LogP contribution in [0.25, 0.3) is 0 Å². The van der Waals surface area contributed by atoms with Crippen molar-refractivity contribution in [3.05, 3.63) is 72.4 Å². The maximum Gasteiger partial charge on any atom is 0.418 e. The molecule has 0 radical (unpaired) electrons. The van der Waals surface area contributed by atoms with E-state index in [4.69, 9.17) is 14.2 Å². The summed E-state index contributed by atoms with van der Waals surface area (Å²) in [6.45, 7) is 5.92. The van der Waals surface area contributed by atoms with Crippen molar-refractivity contribution in [2.24, 2.45) is 5.92 Å². The molecule has 2 aromatic carbocycles. The van der Waals surface area contributed by atoms with E-state index in [0.29, 0.717) is 24.5 Å². The molecule has 1 fully saturated rings. The molecule has 1 heterocycles. The molecule has 0 bridgehead atoms. The van der Waals surface area contributed by atoms with Gasteiger partial charge in [-0.05, 0) is 62.9 Å². The van der Waals surface area contributed by atoms with Crippen LogP contribution in [0.4, 0.5) is 10.5 Å². The smallest absolute Gasteiger partial charge is 0.418 e. The van der Waals surface area contributed by atoms with E-state index in [1.54, 1.807) is 25.4 Å². The molecule has 0 saturated carbocycles. The molecule has 1 amide bonds. The van der Waals surface area contributed by atoms with Crippen LogP contribution in [0.2, 0.25) is 0 Å². The maximum absolute atomic E-state index is 13.0. The van der Waals surface area contributed by atoms with Crippen molar-refractivity contribution in [3.63, 3.8) is 0 Å². The SMILES string of the molecule is COc1ccc(N(/C=C/[C@H](c2ccccc2)[C@H]2CCOC(=O)C2)C(=O)OC(C)(C)C)cc1. The Kier molecular flexibility index (Phi) is 7.57. The Morgan fingerprint density at radius 2 is 1.81 bits per heavy atom. The largest absolute Gasteiger partial charge is 0.497 e. The van der Waals surface area contributed by atoms with Crippen LogP contribution in [-0.4, -0.2) is 31.4 Å². The highest BCUT2D eigenvalue weighted by Gasteiger charge is 2.29. The third kappa shape index (κ3) is 6.36. The van der Waals surface area contributed by atoms with Gasteiger partial charge in [-0.15, -0.1) is 0 Å². The Morgan fingerprint density at radius 3 is 2.41 bits per heavy atom. The van der Waals surface area contributed by atoms with Crippen molar-refractivity contribution in [2.75, 3.05) is 18.6 Å². The number of rotatable bonds is 6. The van der Waals surface area contributed by atoms with Crippen molar-refractivity contribution in [1.82, 2.24) is 0 Å². The van der Waals surface area contributed by atoms with E-state index < -0.39 is 11.7 Å². The minimum Gasteiger partial charge on any atom is -0.497 e. The van der Waals surface area contributed by atoms with E-state index in [1.165, 1.54) is 4.90 Å². The number of hydrogen-bond donors (Lipinski definition) is 0. The lowest BCUT2D eigenvalue weighted by Crippen LogP contribution is -2.34. The van der Waals surface area contributed by atoms with Crippen molar-refractivity contribution < 1.29 is 23.8 Å².